The van der Waals surface area contributed by atoms with E-state index in [4.69, 9.17) is 0 Å². The third-order valence-corrected chi connectivity index (χ3v) is 5.32. The maximum Gasteiger partial charge on any atom is 0.195 e. The first-order chi connectivity index (χ1) is 12.5. The Kier molecular flexibility index (Phi) is 3.93. The fraction of sp³-hybridized carbons (Fsp3) is 0. The second kappa shape index (κ2) is 6.28. The fourth-order valence-electron chi connectivity index (χ4n) is 2.90. The van der Waals surface area contributed by atoms with Crippen LogP contribution in [0.4, 0.5) is 4.39 Å². The summed E-state index contributed by atoms with van der Waals surface area (Å²) in [5, 5.41) is 20.0. The van der Waals surface area contributed by atoms with Crippen LogP contribution in [0.1, 0.15) is 15.9 Å². The van der Waals surface area contributed by atoms with Crippen LogP contribution < -0.4 is 0 Å². The van der Waals surface area contributed by atoms with Crippen molar-refractivity contribution >= 4 is 27.2 Å². The number of halogens is 1. The van der Waals surface area contributed by atoms with Gasteiger partial charge in [-0.05, 0) is 60.2 Å². The zero-order chi connectivity index (χ0) is 18.3. The Hall–Kier alpha value is -3.18. The highest BCUT2D eigenvalue weighted by Gasteiger charge is 2.22. The molecule has 0 bridgehead atoms. The third kappa shape index (κ3) is 2.82. The van der Waals surface area contributed by atoms with E-state index in [9.17, 15) is 19.4 Å². The molecule has 0 saturated heterocycles. The summed E-state index contributed by atoms with van der Waals surface area (Å²) >= 11 is 1.37. The molecule has 4 rings (SSSR count). The molecular formula is C21H13FO3S. The van der Waals surface area contributed by atoms with Crippen LogP contribution in [-0.2, 0) is 0 Å². The Morgan fingerprint density at radius 1 is 0.885 bits per heavy atom. The van der Waals surface area contributed by atoms with Crippen molar-refractivity contribution in [1.82, 2.24) is 0 Å². The number of hydrogen-bond donors (Lipinski definition) is 2. The van der Waals surface area contributed by atoms with E-state index in [1.165, 1.54) is 35.6 Å². The van der Waals surface area contributed by atoms with Crippen molar-refractivity contribution in [2.45, 2.75) is 0 Å². The zero-order valence-electron chi connectivity index (χ0n) is 13.4. The Morgan fingerprint density at radius 3 is 2.35 bits per heavy atom. The molecule has 26 heavy (non-hydrogen) atoms. The van der Waals surface area contributed by atoms with Gasteiger partial charge in [-0.25, -0.2) is 4.39 Å². The first-order valence-corrected chi connectivity index (χ1v) is 8.70. The summed E-state index contributed by atoms with van der Waals surface area (Å²) in [5.74, 6) is -0.519. The largest absolute Gasteiger partial charge is 0.508 e. The molecule has 0 aliphatic rings. The Balaban J connectivity index is 1.98. The van der Waals surface area contributed by atoms with E-state index in [0.717, 1.165) is 10.3 Å². The van der Waals surface area contributed by atoms with Gasteiger partial charge in [-0.2, -0.15) is 0 Å². The molecule has 0 saturated carbocycles. The van der Waals surface area contributed by atoms with E-state index in [1.807, 2.05) is 0 Å². The lowest BCUT2D eigenvalue weighted by molar-refractivity contribution is 0.104. The van der Waals surface area contributed by atoms with Crippen molar-refractivity contribution in [3.05, 3.63) is 83.7 Å². The molecule has 0 spiro atoms. The van der Waals surface area contributed by atoms with E-state index in [-0.39, 0.29) is 22.8 Å². The van der Waals surface area contributed by atoms with Gasteiger partial charge in [0.15, 0.2) is 5.78 Å². The van der Waals surface area contributed by atoms with Crippen LogP contribution in [0.5, 0.6) is 11.5 Å². The van der Waals surface area contributed by atoms with Gasteiger partial charge in [0, 0.05) is 26.1 Å². The number of fused-ring (bicyclic) bond motifs is 1. The molecule has 0 amide bonds. The number of thiophene rings is 1. The van der Waals surface area contributed by atoms with E-state index in [1.54, 1.807) is 42.5 Å². The molecule has 0 unspecified atom stereocenters. The molecule has 0 fully saturated rings. The van der Waals surface area contributed by atoms with Gasteiger partial charge in [0.2, 0.25) is 0 Å². The van der Waals surface area contributed by atoms with Gasteiger partial charge >= 0.3 is 0 Å². The average Bonchev–Trinajstić information content (AvgIpc) is 3.00. The van der Waals surface area contributed by atoms with Crippen LogP contribution in [0.25, 0.3) is 20.5 Å². The van der Waals surface area contributed by atoms with Crippen LogP contribution in [-0.4, -0.2) is 16.0 Å². The monoisotopic (exact) mass is 364 g/mol. The van der Waals surface area contributed by atoms with Crippen molar-refractivity contribution < 1.29 is 19.4 Å². The van der Waals surface area contributed by atoms with Gasteiger partial charge in [0.05, 0.1) is 0 Å². The molecule has 128 valence electrons. The standard InChI is InChI=1S/C21H13FO3S/c22-14-3-1-2-13(10-14)20(25)19-17-9-8-16(24)11-18(17)26-21(19)12-4-6-15(23)7-5-12/h1-11,23-24H. The lowest BCUT2D eigenvalue weighted by Crippen LogP contribution is -2.02. The Labute approximate surface area is 152 Å². The van der Waals surface area contributed by atoms with Gasteiger partial charge in [0.25, 0.3) is 0 Å². The van der Waals surface area contributed by atoms with Crippen LogP contribution >= 0.6 is 11.3 Å². The molecule has 1 heterocycles. The van der Waals surface area contributed by atoms with Gasteiger partial charge in [-0.15, -0.1) is 11.3 Å². The minimum absolute atomic E-state index is 0.112. The molecule has 4 aromatic rings. The summed E-state index contributed by atoms with van der Waals surface area (Å²) in [6.07, 6.45) is 0. The predicted molar refractivity (Wildman–Crippen MR) is 100 cm³/mol. The minimum atomic E-state index is -0.473. The molecule has 3 nitrogen and oxygen atoms in total. The maximum atomic E-state index is 13.6. The highest BCUT2D eigenvalue weighted by atomic mass is 32.1. The average molecular weight is 364 g/mol. The molecular weight excluding hydrogens is 351 g/mol. The zero-order valence-corrected chi connectivity index (χ0v) is 14.3. The normalized spacial score (nSPS) is 11.0. The number of rotatable bonds is 3. The SMILES string of the molecule is O=C(c1cccc(F)c1)c1c(-c2ccc(O)cc2)sc2cc(O)ccc12. The molecule has 0 aliphatic carbocycles. The van der Waals surface area contributed by atoms with Crippen molar-refractivity contribution in [3.63, 3.8) is 0 Å². The lowest BCUT2D eigenvalue weighted by atomic mass is 9.97. The first-order valence-electron chi connectivity index (χ1n) is 7.88. The number of phenols is 2. The summed E-state index contributed by atoms with van der Waals surface area (Å²) < 4.78 is 14.4. The van der Waals surface area contributed by atoms with Gasteiger partial charge < -0.3 is 10.2 Å². The van der Waals surface area contributed by atoms with E-state index in [0.29, 0.717) is 15.8 Å². The highest BCUT2D eigenvalue weighted by molar-refractivity contribution is 7.22. The lowest BCUT2D eigenvalue weighted by Gasteiger charge is -2.06. The second-order valence-electron chi connectivity index (χ2n) is 5.87. The van der Waals surface area contributed by atoms with Crippen LogP contribution in [0, 0.1) is 5.82 Å². The van der Waals surface area contributed by atoms with Crippen molar-refractivity contribution in [3.8, 4) is 21.9 Å². The topological polar surface area (TPSA) is 57.5 Å². The molecule has 2 N–H and O–H groups in total. The van der Waals surface area contributed by atoms with Gasteiger partial charge in [-0.3, -0.25) is 4.79 Å². The molecule has 0 radical (unpaired) electrons. The fourth-order valence-corrected chi connectivity index (χ4v) is 4.14. The second-order valence-corrected chi connectivity index (χ2v) is 6.93. The van der Waals surface area contributed by atoms with Crippen LogP contribution in [0.15, 0.2) is 66.7 Å². The molecule has 5 heteroatoms. The van der Waals surface area contributed by atoms with Gasteiger partial charge in [0.1, 0.15) is 17.3 Å². The van der Waals surface area contributed by atoms with E-state index >= 15 is 0 Å². The number of carbonyl (C=O) groups is 1. The molecule has 0 aliphatic heterocycles. The highest BCUT2D eigenvalue weighted by Crippen LogP contribution is 2.41. The summed E-state index contributed by atoms with van der Waals surface area (Å²) in [5.41, 5.74) is 1.49. The van der Waals surface area contributed by atoms with Crippen LogP contribution in [0.3, 0.4) is 0 Å². The Morgan fingerprint density at radius 2 is 1.62 bits per heavy atom. The van der Waals surface area contributed by atoms with Crippen molar-refractivity contribution in [2.24, 2.45) is 0 Å². The van der Waals surface area contributed by atoms with Crippen molar-refractivity contribution in [1.29, 1.82) is 0 Å². The van der Waals surface area contributed by atoms with Crippen molar-refractivity contribution in [2.75, 3.05) is 0 Å². The Bertz CT molecular complexity index is 1130. The quantitative estimate of drug-likeness (QED) is 0.482. The van der Waals surface area contributed by atoms with E-state index in [2.05, 4.69) is 0 Å². The van der Waals surface area contributed by atoms with Crippen LogP contribution in [0.2, 0.25) is 0 Å². The first kappa shape index (κ1) is 16.3. The number of phenolic OH excluding ortho intramolecular Hbond substituents is 2. The number of hydrogen-bond acceptors (Lipinski definition) is 4. The van der Waals surface area contributed by atoms with E-state index < -0.39 is 5.82 Å². The number of carbonyl (C=O) groups excluding carboxylic acids is 1. The number of ketones is 1. The number of aromatic hydroxyl groups is 2. The summed E-state index contributed by atoms with van der Waals surface area (Å²) in [6.45, 7) is 0. The summed E-state index contributed by atoms with van der Waals surface area (Å²) in [6, 6.07) is 17.0. The molecule has 1 aromatic heterocycles. The summed E-state index contributed by atoms with van der Waals surface area (Å²) in [4.78, 5) is 13.9. The maximum absolute atomic E-state index is 13.6. The molecule has 3 aromatic carbocycles. The molecule has 0 atom stereocenters. The smallest absolute Gasteiger partial charge is 0.195 e. The summed E-state index contributed by atoms with van der Waals surface area (Å²) in [7, 11) is 0. The minimum Gasteiger partial charge on any atom is -0.508 e. The third-order valence-electron chi connectivity index (χ3n) is 4.12. The van der Waals surface area contributed by atoms with Gasteiger partial charge in [-0.1, -0.05) is 12.1 Å². The predicted octanol–water partition coefficient (Wildman–Crippen LogP) is 5.35. The number of benzene rings is 3.